The molecule has 4 rings (SSSR count). The molecule has 1 atom stereocenters. The Morgan fingerprint density at radius 1 is 0.833 bits per heavy atom. The summed E-state index contributed by atoms with van der Waals surface area (Å²) in [5, 5.41) is 0. The van der Waals surface area contributed by atoms with Gasteiger partial charge < -0.3 is 28.7 Å². The highest BCUT2D eigenvalue weighted by Crippen LogP contribution is 2.39. The minimum absolute atomic E-state index is 0.0806. The van der Waals surface area contributed by atoms with Gasteiger partial charge in [0.15, 0.2) is 11.5 Å². The number of piperazine rings is 1. The number of carbonyl (C=O) groups is 2. The normalized spacial score (nSPS) is 15.3. The van der Waals surface area contributed by atoms with Crippen LogP contribution in [0.2, 0.25) is 0 Å². The van der Waals surface area contributed by atoms with Crippen molar-refractivity contribution in [2.45, 2.75) is 25.9 Å². The summed E-state index contributed by atoms with van der Waals surface area (Å²) in [6.07, 6.45) is -0.357. The van der Waals surface area contributed by atoms with Crippen LogP contribution in [-0.2, 0) is 4.74 Å². The zero-order valence-electron chi connectivity index (χ0n) is 25.1. The van der Waals surface area contributed by atoms with Crippen molar-refractivity contribution >= 4 is 12.0 Å². The number of benzene rings is 3. The molecule has 1 heterocycles. The molecule has 0 spiro atoms. The summed E-state index contributed by atoms with van der Waals surface area (Å²) in [4.78, 5) is 32.5. The van der Waals surface area contributed by atoms with Crippen LogP contribution in [0.3, 0.4) is 0 Å². The molecule has 9 nitrogen and oxygen atoms in total. The van der Waals surface area contributed by atoms with Crippen LogP contribution in [0.4, 0.5) is 4.79 Å². The molecule has 1 saturated heterocycles. The van der Waals surface area contributed by atoms with Crippen molar-refractivity contribution in [3.05, 3.63) is 89.5 Å². The lowest BCUT2D eigenvalue weighted by Crippen LogP contribution is -2.57. The van der Waals surface area contributed by atoms with Crippen molar-refractivity contribution in [1.82, 2.24) is 14.7 Å². The van der Waals surface area contributed by atoms with Gasteiger partial charge in [-0.25, -0.2) is 4.79 Å². The van der Waals surface area contributed by atoms with E-state index in [9.17, 15) is 9.59 Å². The predicted molar refractivity (Wildman–Crippen MR) is 161 cm³/mol. The molecule has 3 aromatic rings. The molecular formula is C33H41N3O6. The Hall–Kier alpha value is -4.24. The zero-order valence-corrected chi connectivity index (χ0v) is 25.1. The lowest BCUT2D eigenvalue weighted by Gasteiger charge is -2.45. The van der Waals surface area contributed by atoms with Crippen LogP contribution in [0.1, 0.15) is 41.4 Å². The third-order valence-corrected chi connectivity index (χ3v) is 7.71. The summed E-state index contributed by atoms with van der Waals surface area (Å²) in [5.74, 6) is 1.09. The molecule has 0 radical (unpaired) electrons. The second-order valence-electron chi connectivity index (χ2n) is 10.0. The quantitative estimate of drug-likeness (QED) is 0.315. The molecule has 42 heavy (non-hydrogen) atoms. The summed E-state index contributed by atoms with van der Waals surface area (Å²) in [6.45, 7) is 6.57. The highest BCUT2D eigenvalue weighted by atomic mass is 16.6. The van der Waals surface area contributed by atoms with Crippen molar-refractivity contribution in [2.24, 2.45) is 0 Å². The van der Waals surface area contributed by atoms with Crippen LogP contribution in [0.15, 0.2) is 72.8 Å². The maximum atomic E-state index is 13.9. The summed E-state index contributed by atoms with van der Waals surface area (Å²) in [6, 6.07) is 23.6. The summed E-state index contributed by atoms with van der Waals surface area (Å²) < 4.78 is 22.3. The SMILES string of the molecule is CCN(CC)C(=O)OCC1CN(C(=O)c2cc(OC)c(OC)c(OC)c2)CCN1C(c1ccccc1)c1ccccc1. The average molecular weight is 576 g/mol. The molecule has 1 aliphatic rings. The first-order valence-corrected chi connectivity index (χ1v) is 14.3. The molecule has 9 heteroatoms. The number of carbonyl (C=O) groups excluding carboxylic acids is 2. The molecule has 1 aliphatic heterocycles. The lowest BCUT2D eigenvalue weighted by molar-refractivity contribution is 0.00863. The van der Waals surface area contributed by atoms with Gasteiger partial charge in [0.05, 0.1) is 33.4 Å². The second kappa shape index (κ2) is 14.6. The minimum atomic E-state index is -0.357. The number of hydrogen-bond donors (Lipinski definition) is 0. The minimum Gasteiger partial charge on any atom is -0.493 e. The van der Waals surface area contributed by atoms with E-state index in [4.69, 9.17) is 18.9 Å². The molecule has 3 aromatic carbocycles. The number of ether oxygens (including phenoxy) is 4. The molecular weight excluding hydrogens is 534 g/mol. The van der Waals surface area contributed by atoms with E-state index in [2.05, 4.69) is 29.2 Å². The van der Waals surface area contributed by atoms with Crippen LogP contribution in [0, 0.1) is 0 Å². The first kappa shape index (κ1) is 30.7. The summed E-state index contributed by atoms with van der Waals surface area (Å²) in [5.41, 5.74) is 2.70. The highest BCUT2D eigenvalue weighted by Gasteiger charge is 2.37. The van der Waals surface area contributed by atoms with Gasteiger partial charge in [-0.3, -0.25) is 9.69 Å². The molecule has 2 amide bonds. The fourth-order valence-corrected chi connectivity index (χ4v) is 5.52. The Balaban J connectivity index is 1.67. The molecule has 224 valence electrons. The number of rotatable bonds is 11. The Bertz CT molecular complexity index is 1250. The number of nitrogens with zero attached hydrogens (tertiary/aromatic N) is 3. The van der Waals surface area contributed by atoms with Gasteiger partial charge in [0.25, 0.3) is 5.91 Å². The van der Waals surface area contributed by atoms with E-state index >= 15 is 0 Å². The number of methoxy groups -OCH3 is 3. The molecule has 0 N–H and O–H groups in total. The van der Waals surface area contributed by atoms with Gasteiger partial charge in [0.1, 0.15) is 6.61 Å². The first-order chi connectivity index (χ1) is 20.4. The largest absolute Gasteiger partial charge is 0.493 e. The Morgan fingerprint density at radius 3 is 1.86 bits per heavy atom. The maximum absolute atomic E-state index is 13.9. The fourth-order valence-electron chi connectivity index (χ4n) is 5.52. The van der Waals surface area contributed by atoms with Crippen LogP contribution in [-0.4, -0.2) is 93.4 Å². The van der Waals surface area contributed by atoms with Gasteiger partial charge in [-0.2, -0.15) is 0 Å². The zero-order chi connectivity index (χ0) is 30.1. The third kappa shape index (κ3) is 6.79. The third-order valence-electron chi connectivity index (χ3n) is 7.71. The summed E-state index contributed by atoms with van der Waals surface area (Å²) >= 11 is 0. The van der Waals surface area contributed by atoms with E-state index in [1.54, 1.807) is 21.9 Å². The van der Waals surface area contributed by atoms with Crippen molar-refractivity contribution in [3.63, 3.8) is 0 Å². The fraction of sp³-hybridized carbons (Fsp3) is 0.394. The van der Waals surface area contributed by atoms with E-state index < -0.39 is 0 Å². The average Bonchev–Trinajstić information content (AvgIpc) is 3.04. The van der Waals surface area contributed by atoms with Crippen molar-refractivity contribution in [2.75, 3.05) is 60.7 Å². The van der Waals surface area contributed by atoms with Crippen LogP contribution >= 0.6 is 0 Å². The topological polar surface area (TPSA) is 80.8 Å². The smallest absolute Gasteiger partial charge is 0.409 e. The van der Waals surface area contributed by atoms with E-state index in [0.29, 0.717) is 55.5 Å². The molecule has 0 aromatic heterocycles. The maximum Gasteiger partial charge on any atom is 0.409 e. The Kier molecular flexibility index (Phi) is 10.7. The van der Waals surface area contributed by atoms with Crippen molar-refractivity contribution < 1.29 is 28.5 Å². The van der Waals surface area contributed by atoms with E-state index in [-0.39, 0.29) is 30.7 Å². The highest BCUT2D eigenvalue weighted by molar-refractivity contribution is 5.95. The number of amides is 2. The van der Waals surface area contributed by atoms with Crippen LogP contribution in [0.5, 0.6) is 17.2 Å². The van der Waals surface area contributed by atoms with Crippen molar-refractivity contribution in [1.29, 1.82) is 0 Å². The summed E-state index contributed by atoms with van der Waals surface area (Å²) in [7, 11) is 4.58. The van der Waals surface area contributed by atoms with Gasteiger partial charge >= 0.3 is 6.09 Å². The van der Waals surface area contributed by atoms with Crippen molar-refractivity contribution in [3.8, 4) is 17.2 Å². The van der Waals surface area contributed by atoms with Gasteiger partial charge in [0, 0.05) is 38.3 Å². The first-order valence-electron chi connectivity index (χ1n) is 14.3. The van der Waals surface area contributed by atoms with E-state index in [1.165, 1.54) is 21.3 Å². The van der Waals surface area contributed by atoms with E-state index in [0.717, 1.165) is 11.1 Å². The van der Waals surface area contributed by atoms with Gasteiger partial charge in [-0.05, 0) is 37.1 Å². The van der Waals surface area contributed by atoms with Gasteiger partial charge in [-0.15, -0.1) is 0 Å². The van der Waals surface area contributed by atoms with Crippen LogP contribution < -0.4 is 14.2 Å². The molecule has 1 fully saturated rings. The lowest BCUT2D eigenvalue weighted by atomic mass is 9.94. The monoisotopic (exact) mass is 575 g/mol. The van der Waals surface area contributed by atoms with E-state index in [1.807, 2.05) is 50.2 Å². The van der Waals surface area contributed by atoms with Gasteiger partial charge in [0.2, 0.25) is 5.75 Å². The molecule has 0 aliphatic carbocycles. The molecule has 1 unspecified atom stereocenters. The second-order valence-corrected chi connectivity index (χ2v) is 10.0. The Labute approximate surface area is 248 Å². The predicted octanol–water partition coefficient (Wildman–Crippen LogP) is 5.11. The van der Waals surface area contributed by atoms with Crippen LogP contribution in [0.25, 0.3) is 0 Å². The number of hydrogen-bond acceptors (Lipinski definition) is 7. The standard InChI is InChI=1S/C33H41N3O6/c1-6-34(7-2)33(38)42-23-27-22-35(32(37)26-20-28(39-3)31(41-5)29(21-26)40-4)18-19-36(27)30(24-14-10-8-11-15-24)25-16-12-9-13-17-25/h8-17,20-21,27,30H,6-7,18-19,22-23H2,1-5H3. The Morgan fingerprint density at radius 2 is 1.38 bits per heavy atom. The molecule has 0 saturated carbocycles. The van der Waals surface area contributed by atoms with Gasteiger partial charge in [-0.1, -0.05) is 60.7 Å². The molecule has 0 bridgehead atoms.